The van der Waals surface area contributed by atoms with Crippen molar-refractivity contribution in [2.24, 2.45) is 0 Å². The second kappa shape index (κ2) is 7.71. The highest BCUT2D eigenvalue weighted by molar-refractivity contribution is 5.93. The molecule has 2 aromatic carbocycles. The zero-order chi connectivity index (χ0) is 17.7. The fourth-order valence-corrected chi connectivity index (χ4v) is 3.22. The molecule has 2 atom stereocenters. The second-order valence-corrected chi connectivity index (χ2v) is 6.57. The van der Waals surface area contributed by atoms with E-state index in [1.165, 1.54) is 12.1 Å². The minimum Gasteiger partial charge on any atom is -0.307 e. The predicted octanol–water partition coefficient (Wildman–Crippen LogP) is 4.43. The van der Waals surface area contributed by atoms with Gasteiger partial charge in [-0.3, -0.25) is 4.79 Å². The fourth-order valence-electron chi connectivity index (χ4n) is 3.22. The average Bonchev–Trinajstić information content (AvgIpc) is 2.60. The summed E-state index contributed by atoms with van der Waals surface area (Å²) in [6.07, 6.45) is 1.09. The van der Waals surface area contributed by atoms with Crippen LogP contribution in [0, 0.1) is 5.82 Å². The molecule has 0 amide bonds. The Bertz CT molecular complexity index is 666. The number of carbonyl (C=O) groups excluding carboxylic acids is 1. The van der Waals surface area contributed by atoms with Gasteiger partial charge in [0.25, 0.3) is 0 Å². The number of Topliss-reactive ketones (excluding diaryl/α,β-unsaturated/α-hetero) is 1. The first-order valence-electron chi connectivity index (χ1n) is 8.43. The summed E-state index contributed by atoms with van der Waals surface area (Å²) >= 11 is 0. The van der Waals surface area contributed by atoms with E-state index >= 15 is 0 Å². The molecular formula is C21H26FNO. The van der Waals surface area contributed by atoms with E-state index < -0.39 is 5.41 Å². The van der Waals surface area contributed by atoms with E-state index in [2.05, 4.69) is 11.8 Å². The van der Waals surface area contributed by atoms with Crippen LogP contribution in [0.15, 0.2) is 54.6 Å². The molecule has 0 aliphatic carbocycles. The molecule has 2 rings (SSSR count). The fraction of sp³-hybridized carbons (Fsp3) is 0.381. The monoisotopic (exact) mass is 327 g/mol. The molecule has 128 valence electrons. The normalized spacial score (nSPS) is 15.1. The standard InChI is InChI=1S/C21H26FNO/c1-5-20(24)21(15-16(2)23(3)4,17-9-7-6-8-10-17)18-11-13-19(22)14-12-18/h6-14,16H,5,15H2,1-4H3/t16-,21+/m0/s1. The van der Waals surface area contributed by atoms with Crippen molar-refractivity contribution < 1.29 is 9.18 Å². The molecule has 2 aromatic rings. The lowest BCUT2D eigenvalue weighted by atomic mass is 9.67. The van der Waals surface area contributed by atoms with E-state index in [0.29, 0.717) is 12.8 Å². The molecule has 0 aromatic heterocycles. The number of nitrogens with zero attached hydrogens (tertiary/aromatic N) is 1. The van der Waals surface area contributed by atoms with Gasteiger partial charge in [0, 0.05) is 12.5 Å². The lowest BCUT2D eigenvalue weighted by Crippen LogP contribution is -2.43. The van der Waals surface area contributed by atoms with Crippen LogP contribution in [0.1, 0.15) is 37.8 Å². The summed E-state index contributed by atoms with van der Waals surface area (Å²) in [5.41, 5.74) is 1.07. The first kappa shape index (κ1) is 18.3. The minimum atomic E-state index is -0.757. The molecule has 0 aliphatic heterocycles. The van der Waals surface area contributed by atoms with Gasteiger partial charge >= 0.3 is 0 Å². The number of benzene rings is 2. The van der Waals surface area contributed by atoms with Gasteiger partial charge in [-0.25, -0.2) is 4.39 Å². The van der Waals surface area contributed by atoms with Crippen molar-refractivity contribution in [2.45, 2.75) is 38.1 Å². The van der Waals surface area contributed by atoms with E-state index in [9.17, 15) is 9.18 Å². The van der Waals surface area contributed by atoms with Crippen LogP contribution in [-0.2, 0) is 10.2 Å². The third kappa shape index (κ3) is 3.57. The van der Waals surface area contributed by atoms with E-state index in [1.807, 2.05) is 51.4 Å². The number of hydrogen-bond donors (Lipinski definition) is 0. The van der Waals surface area contributed by atoms with Crippen LogP contribution in [0.3, 0.4) is 0 Å². The average molecular weight is 327 g/mol. The Morgan fingerprint density at radius 2 is 1.58 bits per heavy atom. The molecule has 0 N–H and O–H groups in total. The van der Waals surface area contributed by atoms with Crippen molar-refractivity contribution in [3.63, 3.8) is 0 Å². The van der Waals surface area contributed by atoms with E-state index in [1.54, 1.807) is 12.1 Å². The Hall–Kier alpha value is -2.00. The summed E-state index contributed by atoms with van der Waals surface area (Å²) < 4.78 is 13.5. The maximum atomic E-state index is 13.5. The first-order chi connectivity index (χ1) is 11.4. The zero-order valence-corrected chi connectivity index (χ0v) is 14.9. The number of hydrogen-bond acceptors (Lipinski definition) is 2. The van der Waals surface area contributed by atoms with Gasteiger partial charge in [0.15, 0.2) is 0 Å². The van der Waals surface area contributed by atoms with Crippen molar-refractivity contribution in [1.82, 2.24) is 4.90 Å². The van der Waals surface area contributed by atoms with Crippen LogP contribution in [0.2, 0.25) is 0 Å². The summed E-state index contributed by atoms with van der Waals surface area (Å²) in [5.74, 6) is -0.126. The highest BCUT2D eigenvalue weighted by Crippen LogP contribution is 2.39. The SMILES string of the molecule is CCC(=O)[C@](C[C@H](C)N(C)C)(c1ccccc1)c1ccc(F)cc1. The van der Waals surface area contributed by atoms with Crippen LogP contribution < -0.4 is 0 Å². The van der Waals surface area contributed by atoms with Gasteiger partial charge in [0.05, 0.1) is 5.41 Å². The van der Waals surface area contributed by atoms with Crippen LogP contribution in [-0.4, -0.2) is 30.8 Å². The van der Waals surface area contributed by atoms with Gasteiger partial charge in [0.1, 0.15) is 11.6 Å². The molecule has 0 saturated carbocycles. The van der Waals surface area contributed by atoms with Crippen molar-refractivity contribution >= 4 is 5.78 Å². The van der Waals surface area contributed by atoms with E-state index in [0.717, 1.165) is 11.1 Å². The van der Waals surface area contributed by atoms with E-state index in [-0.39, 0.29) is 17.6 Å². The highest BCUT2D eigenvalue weighted by Gasteiger charge is 2.41. The quantitative estimate of drug-likeness (QED) is 0.750. The summed E-state index contributed by atoms with van der Waals surface area (Å²) in [5, 5.41) is 0. The van der Waals surface area contributed by atoms with Crippen LogP contribution in [0.5, 0.6) is 0 Å². The molecule has 0 spiro atoms. The summed E-state index contributed by atoms with van der Waals surface area (Å²) in [6, 6.07) is 16.4. The number of halogens is 1. The molecule has 2 nitrogen and oxygen atoms in total. The van der Waals surface area contributed by atoms with Crippen molar-refractivity contribution in [3.05, 3.63) is 71.5 Å². The number of carbonyl (C=O) groups is 1. The zero-order valence-electron chi connectivity index (χ0n) is 14.9. The summed E-state index contributed by atoms with van der Waals surface area (Å²) in [4.78, 5) is 15.3. The molecule has 0 saturated heterocycles. The Morgan fingerprint density at radius 1 is 1.04 bits per heavy atom. The van der Waals surface area contributed by atoms with Gasteiger partial charge in [-0.2, -0.15) is 0 Å². The smallest absolute Gasteiger partial charge is 0.147 e. The molecule has 0 heterocycles. The molecule has 0 aliphatic rings. The van der Waals surface area contributed by atoms with Gasteiger partial charge in [-0.05, 0) is 50.7 Å². The molecule has 0 fully saturated rings. The molecule has 24 heavy (non-hydrogen) atoms. The van der Waals surface area contributed by atoms with Gasteiger partial charge < -0.3 is 4.90 Å². The first-order valence-corrected chi connectivity index (χ1v) is 8.43. The Kier molecular flexibility index (Phi) is 5.89. The van der Waals surface area contributed by atoms with Gasteiger partial charge in [-0.1, -0.05) is 49.4 Å². The lowest BCUT2D eigenvalue weighted by Gasteiger charge is -2.37. The Labute approximate surface area is 144 Å². The molecule has 0 bridgehead atoms. The number of ketones is 1. The minimum absolute atomic E-state index is 0.161. The topological polar surface area (TPSA) is 20.3 Å². The van der Waals surface area contributed by atoms with Crippen molar-refractivity contribution in [3.8, 4) is 0 Å². The largest absolute Gasteiger partial charge is 0.307 e. The molecule has 0 unspecified atom stereocenters. The summed E-state index contributed by atoms with van der Waals surface area (Å²) in [7, 11) is 4.03. The molecule has 0 radical (unpaired) electrons. The third-order valence-electron chi connectivity index (χ3n) is 4.88. The second-order valence-electron chi connectivity index (χ2n) is 6.57. The molecular weight excluding hydrogens is 301 g/mol. The van der Waals surface area contributed by atoms with Gasteiger partial charge in [0.2, 0.25) is 0 Å². The van der Waals surface area contributed by atoms with Crippen LogP contribution >= 0.6 is 0 Å². The lowest BCUT2D eigenvalue weighted by molar-refractivity contribution is -0.123. The molecule has 3 heteroatoms. The van der Waals surface area contributed by atoms with Crippen molar-refractivity contribution in [1.29, 1.82) is 0 Å². The summed E-state index contributed by atoms with van der Waals surface area (Å²) in [6.45, 7) is 4.01. The highest BCUT2D eigenvalue weighted by atomic mass is 19.1. The van der Waals surface area contributed by atoms with Crippen LogP contribution in [0.4, 0.5) is 4.39 Å². The Morgan fingerprint density at radius 3 is 2.08 bits per heavy atom. The maximum Gasteiger partial charge on any atom is 0.147 e. The van der Waals surface area contributed by atoms with Gasteiger partial charge in [-0.15, -0.1) is 0 Å². The van der Waals surface area contributed by atoms with Crippen LogP contribution in [0.25, 0.3) is 0 Å². The number of rotatable bonds is 7. The van der Waals surface area contributed by atoms with E-state index in [4.69, 9.17) is 0 Å². The third-order valence-corrected chi connectivity index (χ3v) is 4.88. The Balaban J connectivity index is 2.68. The van der Waals surface area contributed by atoms with Crippen molar-refractivity contribution in [2.75, 3.05) is 14.1 Å². The predicted molar refractivity (Wildman–Crippen MR) is 96.7 cm³/mol. The maximum absolute atomic E-state index is 13.5.